The first kappa shape index (κ1) is 49.6. The summed E-state index contributed by atoms with van der Waals surface area (Å²) in [6.45, 7) is 13.7. The molecule has 0 atom stereocenters. The van der Waals surface area contributed by atoms with Crippen LogP contribution in [0.1, 0.15) is 233 Å². The van der Waals surface area contributed by atoms with Gasteiger partial charge in [-0.1, -0.05) is 232 Å². The van der Waals surface area contributed by atoms with Crippen LogP contribution in [0.5, 0.6) is 0 Å². The maximum Gasteiger partial charge on any atom is 0.136 e. The van der Waals surface area contributed by atoms with Crippen LogP contribution in [0.2, 0.25) is 0 Å². The highest BCUT2D eigenvalue weighted by Crippen LogP contribution is 2.20. The van der Waals surface area contributed by atoms with Crippen molar-refractivity contribution in [2.45, 2.75) is 233 Å². The van der Waals surface area contributed by atoms with Gasteiger partial charge in [-0.15, -0.1) is 0 Å². The Morgan fingerprint density at radius 2 is 0.574 bits per heavy atom. The fourth-order valence-corrected chi connectivity index (χ4v) is 7.90. The SMILES string of the molecule is CCCCCCCCCCN(CCCCCCCCCC)C(=c1ccc(=C(C#N)C#N)cc1)N(CCCCCCCCCC)CCCCCCCCCC. The molecule has 4 heteroatoms. The van der Waals surface area contributed by atoms with Gasteiger partial charge >= 0.3 is 0 Å². The average Bonchev–Trinajstić information content (AvgIpc) is 3.19. The lowest BCUT2D eigenvalue weighted by atomic mass is 10.1. The monoisotopic (exact) mass is 745 g/mol. The summed E-state index contributed by atoms with van der Waals surface area (Å²) in [5.41, 5.74) is 0.201. The molecule has 0 aliphatic heterocycles. The Kier molecular flexibility index (Phi) is 34.4. The van der Waals surface area contributed by atoms with Crippen molar-refractivity contribution in [2.75, 3.05) is 26.2 Å². The highest BCUT2D eigenvalue weighted by atomic mass is 15.3. The number of hydrogen-bond donors (Lipinski definition) is 0. The Hall–Kier alpha value is -2.46. The molecule has 54 heavy (non-hydrogen) atoms. The van der Waals surface area contributed by atoms with E-state index >= 15 is 0 Å². The van der Waals surface area contributed by atoms with Crippen LogP contribution in [-0.4, -0.2) is 36.0 Å². The van der Waals surface area contributed by atoms with E-state index in [2.05, 4.69) is 61.8 Å². The van der Waals surface area contributed by atoms with Crippen LogP contribution in [0.3, 0.4) is 0 Å². The topological polar surface area (TPSA) is 54.1 Å². The number of hydrogen-bond acceptors (Lipinski definition) is 4. The lowest BCUT2D eigenvalue weighted by Crippen LogP contribution is -2.41. The maximum absolute atomic E-state index is 9.61. The molecule has 0 aromatic heterocycles. The largest absolute Gasteiger partial charge is 0.358 e. The van der Waals surface area contributed by atoms with Gasteiger partial charge < -0.3 is 9.80 Å². The van der Waals surface area contributed by atoms with Gasteiger partial charge in [0.2, 0.25) is 0 Å². The van der Waals surface area contributed by atoms with Crippen molar-refractivity contribution in [3.05, 3.63) is 34.7 Å². The van der Waals surface area contributed by atoms with Crippen LogP contribution in [0, 0.1) is 22.7 Å². The van der Waals surface area contributed by atoms with Crippen LogP contribution < -0.4 is 10.4 Å². The van der Waals surface area contributed by atoms with E-state index in [1.54, 1.807) is 0 Å². The minimum Gasteiger partial charge on any atom is -0.358 e. The molecule has 308 valence electrons. The van der Waals surface area contributed by atoms with E-state index in [1.165, 1.54) is 217 Å². The van der Waals surface area contributed by atoms with Crippen molar-refractivity contribution in [1.82, 2.24) is 9.80 Å². The first-order valence-corrected chi connectivity index (χ1v) is 23.8. The van der Waals surface area contributed by atoms with Crippen molar-refractivity contribution in [3.8, 4) is 12.1 Å². The van der Waals surface area contributed by atoms with Gasteiger partial charge in [-0.3, -0.25) is 0 Å². The van der Waals surface area contributed by atoms with Crippen molar-refractivity contribution in [3.63, 3.8) is 0 Å². The fraction of sp³-hybridized carbons (Fsp3) is 0.800. The second-order valence-electron chi connectivity index (χ2n) is 16.4. The second kappa shape index (κ2) is 37.5. The molecule has 0 fully saturated rings. The van der Waals surface area contributed by atoms with Crippen LogP contribution >= 0.6 is 0 Å². The van der Waals surface area contributed by atoms with E-state index in [0.29, 0.717) is 0 Å². The minimum absolute atomic E-state index is 0.201. The Morgan fingerprint density at radius 3 is 0.815 bits per heavy atom. The van der Waals surface area contributed by atoms with Gasteiger partial charge in [0.15, 0.2) is 0 Å². The second-order valence-corrected chi connectivity index (χ2v) is 16.4. The van der Waals surface area contributed by atoms with Gasteiger partial charge in [0, 0.05) is 36.6 Å². The third-order valence-electron chi connectivity index (χ3n) is 11.4. The lowest BCUT2D eigenvalue weighted by Gasteiger charge is -2.37. The normalized spacial score (nSPS) is 11.0. The van der Waals surface area contributed by atoms with Gasteiger partial charge in [-0.05, 0) is 25.7 Å². The summed E-state index contributed by atoms with van der Waals surface area (Å²) in [6.07, 6.45) is 42.9. The quantitative estimate of drug-likeness (QED) is 0.0633. The zero-order chi connectivity index (χ0) is 39.2. The minimum atomic E-state index is 0.201. The summed E-state index contributed by atoms with van der Waals surface area (Å²) in [6, 6.07) is 12.7. The summed E-state index contributed by atoms with van der Waals surface area (Å²) >= 11 is 0. The Morgan fingerprint density at radius 1 is 0.352 bits per heavy atom. The summed E-state index contributed by atoms with van der Waals surface area (Å²) in [4.78, 5) is 5.55. The Labute approximate surface area is 336 Å². The Balaban J connectivity index is 3.35. The van der Waals surface area contributed by atoms with Crippen LogP contribution in [0.4, 0.5) is 0 Å². The van der Waals surface area contributed by atoms with Crippen molar-refractivity contribution in [1.29, 1.82) is 10.5 Å². The van der Waals surface area contributed by atoms with E-state index in [0.717, 1.165) is 31.4 Å². The van der Waals surface area contributed by atoms with Crippen LogP contribution in [0.15, 0.2) is 24.3 Å². The molecule has 0 radical (unpaired) electrons. The van der Waals surface area contributed by atoms with E-state index in [1.807, 2.05) is 12.1 Å². The molecule has 1 rings (SSSR count). The number of benzene rings is 1. The van der Waals surface area contributed by atoms with Crippen molar-refractivity contribution < 1.29 is 0 Å². The third-order valence-corrected chi connectivity index (χ3v) is 11.4. The molecule has 0 spiro atoms. The molecule has 0 amide bonds. The van der Waals surface area contributed by atoms with E-state index in [-0.39, 0.29) is 5.57 Å². The van der Waals surface area contributed by atoms with E-state index in [9.17, 15) is 10.5 Å². The predicted molar refractivity (Wildman–Crippen MR) is 237 cm³/mol. The molecule has 0 saturated heterocycles. The first-order chi connectivity index (χ1) is 26.7. The number of unbranched alkanes of at least 4 members (excludes halogenated alkanes) is 28. The highest BCUT2D eigenvalue weighted by molar-refractivity contribution is 5.72. The molecule has 0 aliphatic carbocycles. The first-order valence-electron chi connectivity index (χ1n) is 23.8. The molecule has 0 N–H and O–H groups in total. The fourth-order valence-electron chi connectivity index (χ4n) is 7.90. The maximum atomic E-state index is 9.61. The molecule has 0 heterocycles. The molecule has 0 saturated carbocycles. The molecular weight excluding hydrogens is 657 g/mol. The third kappa shape index (κ3) is 25.6. The number of nitrogens with zero attached hydrogens (tertiary/aromatic N) is 4. The molecular formula is C50H88N4. The molecule has 0 bridgehead atoms. The average molecular weight is 745 g/mol. The highest BCUT2D eigenvalue weighted by Gasteiger charge is 2.18. The summed E-state index contributed by atoms with van der Waals surface area (Å²) in [5.74, 6) is 1.41. The van der Waals surface area contributed by atoms with E-state index in [4.69, 9.17) is 0 Å². The molecule has 0 aliphatic rings. The van der Waals surface area contributed by atoms with Gasteiger partial charge in [0.25, 0.3) is 0 Å². The van der Waals surface area contributed by atoms with Crippen molar-refractivity contribution in [2.24, 2.45) is 0 Å². The standard InChI is InChI=1S/C50H88N4/c1-5-9-13-17-21-25-29-33-41-53(42-34-30-26-22-18-14-10-6-2)50(48-39-37-47(38-40-48)49(45-51)46-52)54(43-35-31-27-23-19-15-11-7-3)44-36-32-28-24-20-16-12-8-4/h37-40H,5-36,41-44H2,1-4H3. The van der Waals surface area contributed by atoms with Gasteiger partial charge in [0.1, 0.15) is 23.5 Å². The number of nitriles is 2. The van der Waals surface area contributed by atoms with Gasteiger partial charge in [-0.2, -0.15) is 10.5 Å². The molecule has 1 aromatic rings. The molecule has 0 unspecified atom stereocenters. The summed E-state index contributed by atoms with van der Waals surface area (Å²) in [5, 5.41) is 21.2. The van der Waals surface area contributed by atoms with E-state index < -0.39 is 0 Å². The molecule has 4 nitrogen and oxygen atoms in total. The summed E-state index contributed by atoms with van der Waals surface area (Å²) < 4.78 is 0. The summed E-state index contributed by atoms with van der Waals surface area (Å²) in [7, 11) is 0. The molecule has 1 aromatic carbocycles. The smallest absolute Gasteiger partial charge is 0.136 e. The zero-order valence-electron chi connectivity index (χ0n) is 36.6. The number of rotatable bonds is 38. The van der Waals surface area contributed by atoms with Gasteiger partial charge in [-0.25, -0.2) is 0 Å². The Bertz CT molecular complexity index is 1060. The zero-order valence-corrected chi connectivity index (χ0v) is 36.6. The van der Waals surface area contributed by atoms with Crippen LogP contribution in [-0.2, 0) is 0 Å². The van der Waals surface area contributed by atoms with Crippen LogP contribution in [0.25, 0.3) is 11.4 Å². The van der Waals surface area contributed by atoms with Crippen molar-refractivity contribution >= 4 is 11.4 Å². The lowest BCUT2D eigenvalue weighted by molar-refractivity contribution is 0.258. The van der Waals surface area contributed by atoms with Gasteiger partial charge in [0.05, 0.1) is 0 Å². The predicted octanol–water partition coefficient (Wildman–Crippen LogP) is 14.1.